The third-order valence-electron chi connectivity index (χ3n) is 3.59. The third kappa shape index (κ3) is 2.20. The second-order valence-corrected chi connectivity index (χ2v) is 5.47. The number of rotatable bonds is 2. The van der Waals surface area contributed by atoms with Crippen LogP contribution in [0.5, 0.6) is 0 Å². The Bertz CT molecular complexity index is 454. The van der Waals surface area contributed by atoms with Crippen LogP contribution in [0.1, 0.15) is 33.4 Å². The highest BCUT2D eigenvalue weighted by molar-refractivity contribution is 6.62. The molecule has 1 aliphatic heterocycles. The lowest BCUT2D eigenvalue weighted by Gasteiger charge is -2.32. The standard InChI is InChI=1S/C13H17BFNO2/c1-9(15)11-7-6-10(8-16-11)14-17-12(2,3)13(4,5)18-14/h6-8H,1H2,2-5H3. The number of halogens is 1. The topological polar surface area (TPSA) is 31.4 Å². The monoisotopic (exact) mass is 249 g/mol. The molecule has 0 aromatic carbocycles. The summed E-state index contributed by atoms with van der Waals surface area (Å²) >= 11 is 0. The summed E-state index contributed by atoms with van der Waals surface area (Å²) in [6.07, 6.45) is 1.56. The van der Waals surface area contributed by atoms with Crippen LogP contribution in [-0.2, 0) is 9.31 Å². The minimum Gasteiger partial charge on any atom is -0.399 e. The van der Waals surface area contributed by atoms with Gasteiger partial charge in [-0.3, -0.25) is 4.98 Å². The van der Waals surface area contributed by atoms with Gasteiger partial charge in [-0.2, -0.15) is 0 Å². The molecule has 0 unspecified atom stereocenters. The Labute approximate surface area is 107 Å². The quantitative estimate of drug-likeness (QED) is 0.754. The van der Waals surface area contributed by atoms with E-state index in [-0.39, 0.29) is 16.9 Å². The van der Waals surface area contributed by atoms with Crippen LogP contribution in [0.2, 0.25) is 0 Å². The summed E-state index contributed by atoms with van der Waals surface area (Å²) in [5, 5.41) is 0. The van der Waals surface area contributed by atoms with Gasteiger partial charge in [0.15, 0.2) is 0 Å². The maximum atomic E-state index is 12.9. The van der Waals surface area contributed by atoms with E-state index < -0.39 is 12.9 Å². The lowest BCUT2D eigenvalue weighted by atomic mass is 9.80. The van der Waals surface area contributed by atoms with Crippen molar-refractivity contribution in [1.29, 1.82) is 0 Å². The summed E-state index contributed by atoms with van der Waals surface area (Å²) in [6, 6.07) is 3.32. The highest BCUT2D eigenvalue weighted by atomic mass is 19.1. The molecule has 0 amide bonds. The Hall–Kier alpha value is -1.20. The molecule has 0 radical (unpaired) electrons. The molecule has 18 heavy (non-hydrogen) atoms. The lowest BCUT2D eigenvalue weighted by Crippen LogP contribution is -2.41. The molecule has 96 valence electrons. The number of aromatic nitrogens is 1. The van der Waals surface area contributed by atoms with Crippen LogP contribution in [0.25, 0.3) is 5.83 Å². The maximum absolute atomic E-state index is 12.9. The molecule has 1 fully saturated rings. The molecule has 0 N–H and O–H groups in total. The molecular weight excluding hydrogens is 232 g/mol. The Morgan fingerprint density at radius 2 is 1.78 bits per heavy atom. The van der Waals surface area contributed by atoms with Crippen molar-refractivity contribution in [3.05, 3.63) is 30.6 Å². The first kappa shape index (κ1) is 13.2. The van der Waals surface area contributed by atoms with Gasteiger partial charge in [0.1, 0.15) is 5.83 Å². The molecule has 0 bridgehead atoms. The third-order valence-corrected chi connectivity index (χ3v) is 3.59. The second kappa shape index (κ2) is 4.18. The summed E-state index contributed by atoms with van der Waals surface area (Å²) in [6.45, 7) is 11.1. The van der Waals surface area contributed by atoms with Crippen molar-refractivity contribution in [2.45, 2.75) is 38.9 Å². The number of pyridine rings is 1. The van der Waals surface area contributed by atoms with Crippen LogP contribution in [-0.4, -0.2) is 23.3 Å². The predicted molar refractivity (Wildman–Crippen MR) is 70.1 cm³/mol. The predicted octanol–water partition coefficient (Wildman–Crippen LogP) is 2.32. The minimum absolute atomic E-state index is 0.232. The summed E-state index contributed by atoms with van der Waals surface area (Å²) in [7, 11) is -0.468. The Morgan fingerprint density at radius 3 is 2.17 bits per heavy atom. The van der Waals surface area contributed by atoms with Crippen LogP contribution in [0.15, 0.2) is 24.9 Å². The van der Waals surface area contributed by atoms with E-state index in [1.807, 2.05) is 27.7 Å². The molecule has 2 rings (SSSR count). The van der Waals surface area contributed by atoms with E-state index in [0.717, 1.165) is 5.46 Å². The molecule has 2 heterocycles. The Morgan fingerprint density at radius 1 is 1.22 bits per heavy atom. The first-order chi connectivity index (χ1) is 8.23. The summed E-state index contributed by atoms with van der Waals surface area (Å²) in [5.74, 6) is -0.546. The van der Waals surface area contributed by atoms with Crippen LogP contribution in [0, 0.1) is 0 Å². The largest absolute Gasteiger partial charge is 0.496 e. The molecule has 1 saturated heterocycles. The normalized spacial score (nSPS) is 21.1. The van der Waals surface area contributed by atoms with Crippen molar-refractivity contribution in [3.63, 3.8) is 0 Å². The van der Waals surface area contributed by atoms with Gasteiger partial charge in [0.25, 0.3) is 0 Å². The van der Waals surface area contributed by atoms with Crippen molar-refractivity contribution in [2.24, 2.45) is 0 Å². The highest BCUT2D eigenvalue weighted by Crippen LogP contribution is 2.36. The van der Waals surface area contributed by atoms with Crippen LogP contribution >= 0.6 is 0 Å². The number of hydrogen-bond acceptors (Lipinski definition) is 3. The van der Waals surface area contributed by atoms with Crippen molar-refractivity contribution in [1.82, 2.24) is 4.98 Å². The van der Waals surface area contributed by atoms with E-state index in [2.05, 4.69) is 11.6 Å². The molecule has 0 saturated carbocycles. The fourth-order valence-electron chi connectivity index (χ4n) is 1.68. The van der Waals surface area contributed by atoms with Gasteiger partial charge in [0, 0.05) is 11.7 Å². The Balaban J connectivity index is 2.22. The molecule has 1 aromatic heterocycles. The molecule has 3 nitrogen and oxygen atoms in total. The van der Waals surface area contributed by atoms with E-state index >= 15 is 0 Å². The maximum Gasteiger partial charge on any atom is 0.496 e. The average Bonchev–Trinajstić information content (AvgIpc) is 2.48. The molecular formula is C13H17BFNO2. The van der Waals surface area contributed by atoms with Gasteiger partial charge in [-0.25, -0.2) is 4.39 Å². The van der Waals surface area contributed by atoms with Gasteiger partial charge < -0.3 is 9.31 Å². The van der Waals surface area contributed by atoms with Gasteiger partial charge in [0.05, 0.1) is 16.9 Å². The highest BCUT2D eigenvalue weighted by Gasteiger charge is 2.51. The number of hydrogen-bond donors (Lipinski definition) is 0. The molecule has 0 spiro atoms. The summed E-state index contributed by atoms with van der Waals surface area (Å²) < 4.78 is 24.6. The van der Waals surface area contributed by atoms with Gasteiger partial charge >= 0.3 is 7.12 Å². The van der Waals surface area contributed by atoms with Crippen LogP contribution in [0.4, 0.5) is 4.39 Å². The van der Waals surface area contributed by atoms with Crippen molar-refractivity contribution < 1.29 is 13.7 Å². The van der Waals surface area contributed by atoms with Gasteiger partial charge in [0.2, 0.25) is 0 Å². The van der Waals surface area contributed by atoms with E-state index in [1.54, 1.807) is 18.3 Å². The van der Waals surface area contributed by atoms with Crippen molar-refractivity contribution >= 4 is 18.4 Å². The zero-order chi connectivity index (χ0) is 13.6. The smallest absolute Gasteiger partial charge is 0.399 e. The molecule has 0 aliphatic carbocycles. The number of nitrogens with zero attached hydrogens (tertiary/aromatic N) is 1. The fraction of sp³-hybridized carbons (Fsp3) is 0.462. The zero-order valence-electron chi connectivity index (χ0n) is 11.2. The molecule has 0 atom stereocenters. The molecule has 5 heteroatoms. The van der Waals surface area contributed by atoms with Crippen LogP contribution < -0.4 is 5.46 Å². The van der Waals surface area contributed by atoms with E-state index in [4.69, 9.17) is 9.31 Å². The summed E-state index contributed by atoms with van der Waals surface area (Å²) in [4.78, 5) is 3.98. The first-order valence-electron chi connectivity index (χ1n) is 5.89. The van der Waals surface area contributed by atoms with Crippen LogP contribution in [0.3, 0.4) is 0 Å². The van der Waals surface area contributed by atoms with Crippen molar-refractivity contribution in [3.8, 4) is 0 Å². The SMILES string of the molecule is C=C(F)c1ccc(B2OC(C)(C)C(C)(C)O2)cn1. The van der Waals surface area contributed by atoms with E-state index in [0.29, 0.717) is 0 Å². The van der Waals surface area contributed by atoms with E-state index in [1.165, 1.54) is 0 Å². The Kier molecular flexibility index (Phi) is 3.07. The van der Waals surface area contributed by atoms with Gasteiger partial charge in [-0.15, -0.1) is 0 Å². The average molecular weight is 249 g/mol. The second-order valence-electron chi connectivity index (χ2n) is 5.47. The first-order valence-corrected chi connectivity index (χ1v) is 5.89. The van der Waals surface area contributed by atoms with Gasteiger partial charge in [-0.1, -0.05) is 12.6 Å². The molecule has 1 aliphatic rings. The zero-order valence-corrected chi connectivity index (χ0v) is 11.2. The fourth-order valence-corrected chi connectivity index (χ4v) is 1.68. The molecule has 1 aromatic rings. The van der Waals surface area contributed by atoms with Crippen molar-refractivity contribution in [2.75, 3.05) is 0 Å². The van der Waals surface area contributed by atoms with E-state index in [9.17, 15) is 4.39 Å². The minimum atomic E-state index is -0.546. The van der Waals surface area contributed by atoms with Gasteiger partial charge in [-0.05, 0) is 33.8 Å². The lowest BCUT2D eigenvalue weighted by molar-refractivity contribution is 0.00578. The summed E-state index contributed by atoms with van der Waals surface area (Å²) in [5.41, 5.74) is 0.231.